The summed E-state index contributed by atoms with van der Waals surface area (Å²) in [6.07, 6.45) is 3.49. The third kappa shape index (κ3) is 3.22. The van der Waals surface area contributed by atoms with Crippen LogP contribution < -0.4 is 5.32 Å². The number of hydrogen-bond acceptors (Lipinski definition) is 5. The highest BCUT2D eigenvalue weighted by Crippen LogP contribution is 2.38. The van der Waals surface area contributed by atoms with Crippen LogP contribution in [0.1, 0.15) is 51.9 Å². The molecule has 1 N–H and O–H groups in total. The Hall–Kier alpha value is -2.47. The number of nitrogens with zero attached hydrogens (tertiary/aromatic N) is 2. The number of carbonyl (C=O) groups excluding carboxylic acids is 1. The molecule has 4 rings (SSSR count). The normalized spacial score (nSPS) is 14.3. The van der Waals surface area contributed by atoms with Gasteiger partial charge in [-0.25, -0.2) is 0 Å². The Balaban J connectivity index is 1.53. The van der Waals surface area contributed by atoms with Crippen LogP contribution in [-0.2, 0) is 0 Å². The molecule has 0 spiro atoms. The van der Waals surface area contributed by atoms with Crippen molar-refractivity contribution in [2.24, 2.45) is 0 Å². The van der Waals surface area contributed by atoms with Crippen molar-refractivity contribution in [3.8, 4) is 10.7 Å². The van der Waals surface area contributed by atoms with Gasteiger partial charge in [0.25, 0.3) is 5.91 Å². The minimum absolute atomic E-state index is 0.112. The van der Waals surface area contributed by atoms with Crippen molar-refractivity contribution in [2.75, 3.05) is 5.32 Å². The van der Waals surface area contributed by atoms with Gasteiger partial charge in [-0.05, 0) is 44.9 Å². The van der Waals surface area contributed by atoms with Crippen molar-refractivity contribution in [3.63, 3.8) is 0 Å². The molecule has 0 saturated heterocycles. The Kier molecular flexibility index (Phi) is 4.13. The molecule has 2 heterocycles. The Morgan fingerprint density at radius 1 is 1.28 bits per heavy atom. The Bertz CT molecular complexity index is 924. The second-order valence-electron chi connectivity index (χ2n) is 6.49. The number of anilines is 1. The van der Waals surface area contributed by atoms with Crippen molar-refractivity contribution >= 4 is 22.9 Å². The van der Waals surface area contributed by atoms with Gasteiger partial charge in [0.2, 0.25) is 11.7 Å². The first-order valence-electron chi connectivity index (χ1n) is 8.42. The van der Waals surface area contributed by atoms with Crippen molar-refractivity contribution in [1.82, 2.24) is 10.1 Å². The topological polar surface area (TPSA) is 68.0 Å². The lowest BCUT2D eigenvalue weighted by molar-refractivity contribution is 0.102. The van der Waals surface area contributed by atoms with Gasteiger partial charge in [0, 0.05) is 16.4 Å². The largest absolute Gasteiger partial charge is 0.339 e. The summed E-state index contributed by atoms with van der Waals surface area (Å²) < 4.78 is 5.39. The first kappa shape index (κ1) is 16.0. The SMILES string of the molecule is Cc1cccc(C(=O)Nc2cc(-c3noc(C4CCC4)n3)sc2C)c1. The molecule has 6 heteroatoms. The third-order valence-electron chi connectivity index (χ3n) is 4.56. The van der Waals surface area contributed by atoms with Crippen molar-refractivity contribution < 1.29 is 9.32 Å². The van der Waals surface area contributed by atoms with Crippen LogP contribution in [0.2, 0.25) is 0 Å². The number of benzene rings is 1. The van der Waals surface area contributed by atoms with Gasteiger partial charge in [-0.15, -0.1) is 11.3 Å². The van der Waals surface area contributed by atoms with Gasteiger partial charge in [0.15, 0.2) is 0 Å². The van der Waals surface area contributed by atoms with E-state index < -0.39 is 0 Å². The minimum Gasteiger partial charge on any atom is -0.339 e. The summed E-state index contributed by atoms with van der Waals surface area (Å²) >= 11 is 1.56. The maximum absolute atomic E-state index is 12.4. The summed E-state index contributed by atoms with van der Waals surface area (Å²) in [6.45, 7) is 3.95. The fraction of sp³-hybridized carbons (Fsp3) is 0.316. The van der Waals surface area contributed by atoms with E-state index in [1.165, 1.54) is 6.42 Å². The van der Waals surface area contributed by atoms with E-state index in [0.717, 1.165) is 39.7 Å². The zero-order chi connectivity index (χ0) is 17.4. The van der Waals surface area contributed by atoms with Crippen LogP contribution in [0, 0.1) is 13.8 Å². The summed E-state index contributed by atoms with van der Waals surface area (Å²) in [5.41, 5.74) is 2.51. The second-order valence-corrected chi connectivity index (χ2v) is 7.74. The molecule has 0 unspecified atom stereocenters. The Morgan fingerprint density at radius 2 is 2.12 bits per heavy atom. The number of aromatic nitrogens is 2. The van der Waals surface area contributed by atoms with Crippen LogP contribution in [0.25, 0.3) is 10.7 Å². The number of aryl methyl sites for hydroxylation is 2. The van der Waals surface area contributed by atoms with Crippen LogP contribution >= 0.6 is 11.3 Å². The van der Waals surface area contributed by atoms with Crippen LogP contribution in [0.4, 0.5) is 5.69 Å². The zero-order valence-corrected chi connectivity index (χ0v) is 15.0. The molecule has 0 atom stereocenters. The number of rotatable bonds is 4. The van der Waals surface area contributed by atoms with Gasteiger partial charge in [0.05, 0.1) is 10.6 Å². The monoisotopic (exact) mass is 353 g/mol. The van der Waals surface area contributed by atoms with E-state index in [2.05, 4.69) is 15.5 Å². The summed E-state index contributed by atoms with van der Waals surface area (Å²) in [6, 6.07) is 9.47. The summed E-state index contributed by atoms with van der Waals surface area (Å²) in [4.78, 5) is 18.9. The van der Waals surface area contributed by atoms with Crippen LogP contribution in [0.3, 0.4) is 0 Å². The number of carbonyl (C=O) groups is 1. The molecule has 1 aliphatic rings. The molecule has 0 bridgehead atoms. The fourth-order valence-corrected chi connectivity index (χ4v) is 3.75. The lowest BCUT2D eigenvalue weighted by Gasteiger charge is -2.20. The number of hydrogen-bond donors (Lipinski definition) is 1. The maximum atomic E-state index is 12.4. The molecule has 1 fully saturated rings. The van der Waals surface area contributed by atoms with Crippen LogP contribution in [0.15, 0.2) is 34.9 Å². The van der Waals surface area contributed by atoms with Crippen molar-refractivity contribution in [1.29, 1.82) is 0 Å². The van der Waals surface area contributed by atoms with Crippen molar-refractivity contribution in [3.05, 3.63) is 52.2 Å². The number of thiophene rings is 1. The quantitative estimate of drug-likeness (QED) is 0.722. The van der Waals surface area contributed by atoms with Gasteiger partial charge >= 0.3 is 0 Å². The lowest BCUT2D eigenvalue weighted by atomic mass is 9.85. The van der Waals surface area contributed by atoms with Gasteiger partial charge in [0.1, 0.15) is 0 Å². The molecule has 128 valence electrons. The second kappa shape index (κ2) is 6.44. The molecule has 1 saturated carbocycles. The van der Waals surface area contributed by atoms with E-state index in [1.807, 2.05) is 44.2 Å². The molecule has 5 nitrogen and oxygen atoms in total. The first-order valence-corrected chi connectivity index (χ1v) is 9.24. The van der Waals surface area contributed by atoms with Gasteiger partial charge in [-0.1, -0.05) is 29.3 Å². The van der Waals surface area contributed by atoms with Gasteiger partial charge in [-0.3, -0.25) is 4.79 Å². The molecule has 25 heavy (non-hydrogen) atoms. The highest BCUT2D eigenvalue weighted by atomic mass is 32.1. The fourth-order valence-electron chi connectivity index (χ4n) is 2.85. The molecule has 0 aliphatic heterocycles. The van der Waals surface area contributed by atoms with Crippen LogP contribution in [-0.4, -0.2) is 16.0 Å². The molecule has 2 aromatic heterocycles. The van der Waals surface area contributed by atoms with E-state index in [0.29, 0.717) is 17.3 Å². The Morgan fingerprint density at radius 3 is 2.84 bits per heavy atom. The van der Waals surface area contributed by atoms with Crippen LogP contribution in [0.5, 0.6) is 0 Å². The number of amides is 1. The molecule has 3 aromatic rings. The van der Waals surface area contributed by atoms with Gasteiger partial charge < -0.3 is 9.84 Å². The minimum atomic E-state index is -0.112. The summed E-state index contributed by atoms with van der Waals surface area (Å²) in [7, 11) is 0. The zero-order valence-electron chi connectivity index (χ0n) is 14.2. The molecule has 1 aliphatic carbocycles. The molecule has 1 aromatic carbocycles. The standard InChI is InChI=1S/C19H19N3O2S/c1-11-5-3-8-14(9-11)18(23)20-15-10-16(25-12(15)2)17-21-19(24-22-17)13-6-4-7-13/h3,5,8-10,13H,4,6-7H2,1-2H3,(H,20,23). The average molecular weight is 353 g/mol. The molecular weight excluding hydrogens is 334 g/mol. The highest BCUT2D eigenvalue weighted by Gasteiger charge is 2.26. The third-order valence-corrected chi connectivity index (χ3v) is 5.61. The molecule has 0 radical (unpaired) electrons. The highest BCUT2D eigenvalue weighted by molar-refractivity contribution is 7.16. The first-order chi connectivity index (χ1) is 12.1. The molecule has 1 amide bonds. The van der Waals surface area contributed by atoms with Crippen molar-refractivity contribution in [2.45, 2.75) is 39.0 Å². The van der Waals surface area contributed by atoms with E-state index >= 15 is 0 Å². The van der Waals surface area contributed by atoms with E-state index in [4.69, 9.17) is 4.52 Å². The van der Waals surface area contributed by atoms with E-state index in [9.17, 15) is 4.79 Å². The smallest absolute Gasteiger partial charge is 0.255 e. The predicted octanol–water partition coefficient (Wildman–Crippen LogP) is 4.93. The Labute approximate surface area is 150 Å². The summed E-state index contributed by atoms with van der Waals surface area (Å²) in [5.74, 6) is 1.64. The number of nitrogens with one attached hydrogen (secondary N) is 1. The van der Waals surface area contributed by atoms with E-state index in [1.54, 1.807) is 11.3 Å². The van der Waals surface area contributed by atoms with Gasteiger partial charge in [-0.2, -0.15) is 4.98 Å². The molecular formula is C19H19N3O2S. The maximum Gasteiger partial charge on any atom is 0.255 e. The predicted molar refractivity (Wildman–Crippen MR) is 98.1 cm³/mol. The summed E-state index contributed by atoms with van der Waals surface area (Å²) in [5, 5.41) is 7.09. The average Bonchev–Trinajstić information content (AvgIpc) is 3.13. The van der Waals surface area contributed by atoms with E-state index in [-0.39, 0.29) is 5.91 Å². The lowest BCUT2D eigenvalue weighted by Crippen LogP contribution is -2.11.